The summed E-state index contributed by atoms with van der Waals surface area (Å²) >= 11 is 11.6. The van der Waals surface area contributed by atoms with Crippen LogP contribution in [0.25, 0.3) is 0 Å². The molecule has 0 aromatic heterocycles. The fraction of sp³-hybridized carbons (Fsp3) is 0.133. The van der Waals surface area contributed by atoms with Gasteiger partial charge in [-0.2, -0.15) is 0 Å². The van der Waals surface area contributed by atoms with Crippen molar-refractivity contribution < 1.29 is 19.2 Å². The van der Waals surface area contributed by atoms with Gasteiger partial charge in [0.05, 0.1) is 12.0 Å². The maximum atomic E-state index is 12.1. The molecule has 0 saturated heterocycles. The van der Waals surface area contributed by atoms with Gasteiger partial charge in [-0.3, -0.25) is 10.1 Å². The van der Waals surface area contributed by atoms with Crippen LogP contribution in [0.4, 0.5) is 5.69 Å². The minimum Gasteiger partial charge on any atom is -0.496 e. The molecule has 0 heterocycles. The minimum atomic E-state index is -0.838. The molecule has 0 aliphatic carbocycles. The highest BCUT2D eigenvalue weighted by atomic mass is 35.5. The van der Waals surface area contributed by atoms with E-state index in [0.29, 0.717) is 16.3 Å². The van der Waals surface area contributed by atoms with Gasteiger partial charge in [-0.1, -0.05) is 23.2 Å². The molecule has 0 unspecified atom stereocenters. The monoisotopic (exact) mass is 355 g/mol. The molecule has 6 nitrogen and oxygen atoms in total. The lowest BCUT2D eigenvalue weighted by atomic mass is 10.2. The zero-order valence-electron chi connectivity index (χ0n) is 11.9. The molecular weight excluding hydrogens is 345 g/mol. The lowest BCUT2D eigenvalue weighted by Crippen LogP contribution is -2.09. The first-order valence-corrected chi connectivity index (χ1v) is 7.11. The molecule has 0 spiro atoms. The Bertz CT molecular complexity index is 764. The summed E-state index contributed by atoms with van der Waals surface area (Å²) in [6.07, 6.45) is 0. The smallest absolute Gasteiger partial charge is 0.345 e. The van der Waals surface area contributed by atoms with Gasteiger partial charge in [-0.25, -0.2) is 4.79 Å². The van der Waals surface area contributed by atoms with Crippen LogP contribution < -0.4 is 4.74 Å². The maximum absolute atomic E-state index is 12.1. The molecule has 2 aromatic carbocycles. The number of ether oxygens (including phenoxy) is 2. The van der Waals surface area contributed by atoms with Crippen molar-refractivity contribution >= 4 is 34.9 Å². The molecule has 0 amide bonds. The first-order chi connectivity index (χ1) is 10.9. The third kappa shape index (κ3) is 4.12. The molecule has 0 bridgehead atoms. The highest BCUT2D eigenvalue weighted by molar-refractivity contribution is 6.31. The Hall–Kier alpha value is -2.31. The molecule has 8 heteroatoms. The number of hydrogen-bond donors (Lipinski definition) is 0. The summed E-state index contributed by atoms with van der Waals surface area (Å²) in [5.41, 5.74) is -0.0501. The predicted octanol–water partition coefficient (Wildman–Crippen LogP) is 4.27. The van der Waals surface area contributed by atoms with Gasteiger partial charge in [0.1, 0.15) is 17.9 Å². The van der Waals surface area contributed by atoms with E-state index >= 15 is 0 Å². The van der Waals surface area contributed by atoms with Crippen LogP contribution in [0.15, 0.2) is 36.4 Å². The second-order valence-electron chi connectivity index (χ2n) is 4.45. The predicted molar refractivity (Wildman–Crippen MR) is 85.2 cm³/mol. The van der Waals surface area contributed by atoms with Gasteiger partial charge < -0.3 is 9.47 Å². The molecule has 0 fully saturated rings. The van der Waals surface area contributed by atoms with E-state index in [1.54, 1.807) is 18.2 Å². The molecule has 23 heavy (non-hydrogen) atoms. The highest BCUT2D eigenvalue weighted by Gasteiger charge is 2.22. The van der Waals surface area contributed by atoms with E-state index in [0.717, 1.165) is 6.07 Å². The van der Waals surface area contributed by atoms with E-state index in [2.05, 4.69) is 0 Å². The van der Waals surface area contributed by atoms with Crippen LogP contribution in [-0.4, -0.2) is 18.0 Å². The number of nitro benzene ring substituents is 1. The number of benzene rings is 2. The van der Waals surface area contributed by atoms with Crippen LogP contribution in [0.1, 0.15) is 15.9 Å². The topological polar surface area (TPSA) is 78.7 Å². The first-order valence-electron chi connectivity index (χ1n) is 6.36. The van der Waals surface area contributed by atoms with Crippen molar-refractivity contribution in [2.45, 2.75) is 6.61 Å². The van der Waals surface area contributed by atoms with E-state index in [4.69, 9.17) is 32.7 Å². The fourth-order valence-corrected chi connectivity index (χ4v) is 2.27. The lowest BCUT2D eigenvalue weighted by molar-refractivity contribution is -0.385. The Labute approximate surface area is 141 Å². The summed E-state index contributed by atoms with van der Waals surface area (Å²) in [7, 11) is 1.47. The average Bonchev–Trinajstić information content (AvgIpc) is 2.52. The van der Waals surface area contributed by atoms with Crippen LogP contribution in [0.3, 0.4) is 0 Å². The average molecular weight is 356 g/mol. The number of hydrogen-bond acceptors (Lipinski definition) is 5. The van der Waals surface area contributed by atoms with Crippen LogP contribution in [0.2, 0.25) is 10.0 Å². The number of carbonyl (C=O) groups is 1. The number of nitrogens with zero attached hydrogens (tertiary/aromatic N) is 1. The van der Waals surface area contributed by atoms with Crippen LogP contribution in [0, 0.1) is 10.1 Å². The Morgan fingerprint density at radius 2 is 1.83 bits per heavy atom. The second-order valence-corrected chi connectivity index (χ2v) is 5.32. The van der Waals surface area contributed by atoms with Crippen molar-refractivity contribution in [3.63, 3.8) is 0 Å². The number of carbonyl (C=O) groups excluding carboxylic acids is 1. The molecule has 0 atom stereocenters. The van der Waals surface area contributed by atoms with E-state index < -0.39 is 16.6 Å². The van der Waals surface area contributed by atoms with Crippen LogP contribution in [0.5, 0.6) is 5.75 Å². The van der Waals surface area contributed by atoms with Gasteiger partial charge in [0.25, 0.3) is 5.69 Å². The molecule has 0 saturated carbocycles. The highest BCUT2D eigenvalue weighted by Crippen LogP contribution is 2.26. The quantitative estimate of drug-likeness (QED) is 0.454. The number of nitro groups is 1. The SMILES string of the molecule is COc1ccc(Cl)cc1COC(=O)c1ccc(Cl)cc1[N+](=O)[O-]. The second kappa shape index (κ2) is 7.30. The molecule has 0 aliphatic heterocycles. The third-order valence-electron chi connectivity index (χ3n) is 2.98. The first kappa shape index (κ1) is 17.1. The van der Waals surface area contributed by atoms with E-state index in [1.165, 1.54) is 19.2 Å². The summed E-state index contributed by atoms with van der Waals surface area (Å²) in [4.78, 5) is 22.4. The molecule has 2 rings (SSSR count). The summed E-state index contributed by atoms with van der Waals surface area (Å²) in [6.45, 7) is -0.137. The summed E-state index contributed by atoms with van der Waals surface area (Å²) in [6, 6.07) is 8.58. The lowest BCUT2D eigenvalue weighted by Gasteiger charge is -2.10. The standard InChI is InChI=1S/C15H11Cl2NO5/c1-22-14-5-3-10(16)6-9(14)8-23-15(19)12-4-2-11(17)7-13(12)18(20)21/h2-7H,8H2,1H3. The van der Waals surface area contributed by atoms with E-state index in [-0.39, 0.29) is 17.2 Å². The number of halogens is 2. The van der Waals surface area contributed by atoms with Gasteiger partial charge in [-0.05, 0) is 30.3 Å². The Balaban J connectivity index is 2.21. The Morgan fingerprint density at radius 1 is 1.17 bits per heavy atom. The minimum absolute atomic E-state index is 0.137. The van der Waals surface area contributed by atoms with Crippen molar-refractivity contribution in [1.82, 2.24) is 0 Å². The normalized spacial score (nSPS) is 10.2. The zero-order chi connectivity index (χ0) is 17.0. The fourth-order valence-electron chi connectivity index (χ4n) is 1.91. The van der Waals surface area contributed by atoms with Crippen molar-refractivity contribution in [1.29, 1.82) is 0 Å². The van der Waals surface area contributed by atoms with Gasteiger partial charge >= 0.3 is 5.97 Å². The van der Waals surface area contributed by atoms with Crippen molar-refractivity contribution in [3.8, 4) is 5.75 Å². The van der Waals surface area contributed by atoms with Crippen molar-refractivity contribution in [2.24, 2.45) is 0 Å². The van der Waals surface area contributed by atoms with Crippen LogP contribution >= 0.6 is 23.2 Å². The molecule has 0 N–H and O–H groups in total. The molecule has 0 radical (unpaired) electrons. The van der Waals surface area contributed by atoms with E-state index in [9.17, 15) is 14.9 Å². The number of esters is 1. The van der Waals surface area contributed by atoms with Gasteiger partial charge in [0.15, 0.2) is 0 Å². The zero-order valence-corrected chi connectivity index (χ0v) is 13.4. The van der Waals surface area contributed by atoms with Gasteiger partial charge in [0, 0.05) is 21.7 Å². The maximum Gasteiger partial charge on any atom is 0.345 e. The Kier molecular flexibility index (Phi) is 5.41. The van der Waals surface area contributed by atoms with E-state index in [1.807, 2.05) is 0 Å². The molecule has 2 aromatic rings. The Morgan fingerprint density at radius 3 is 2.48 bits per heavy atom. The van der Waals surface area contributed by atoms with Crippen molar-refractivity contribution in [3.05, 3.63) is 67.7 Å². The summed E-state index contributed by atoms with van der Waals surface area (Å²) in [5, 5.41) is 11.6. The van der Waals surface area contributed by atoms with Gasteiger partial charge in [0.2, 0.25) is 0 Å². The third-order valence-corrected chi connectivity index (χ3v) is 3.45. The largest absolute Gasteiger partial charge is 0.496 e. The van der Waals surface area contributed by atoms with Gasteiger partial charge in [-0.15, -0.1) is 0 Å². The molecule has 0 aliphatic rings. The summed E-state index contributed by atoms with van der Waals surface area (Å²) in [5.74, 6) is -0.344. The number of methoxy groups -OCH3 is 1. The number of rotatable bonds is 5. The molecule has 120 valence electrons. The van der Waals surface area contributed by atoms with Crippen LogP contribution in [-0.2, 0) is 11.3 Å². The van der Waals surface area contributed by atoms with Crippen molar-refractivity contribution in [2.75, 3.05) is 7.11 Å². The molecular formula is C15H11Cl2NO5. The summed E-state index contributed by atoms with van der Waals surface area (Å²) < 4.78 is 10.3.